The highest BCUT2D eigenvalue weighted by atomic mass is 16.4. The van der Waals surface area contributed by atoms with Gasteiger partial charge in [0.1, 0.15) is 12.0 Å². The maximum Gasteiger partial charge on any atom is 0.130 e. The molecular weight excluding hydrogens is 116 g/mol. The van der Waals surface area contributed by atoms with Crippen molar-refractivity contribution in [2.45, 2.75) is 0 Å². The first-order chi connectivity index (χ1) is 4.47. The normalized spacial score (nSPS) is 10.2. The molecule has 0 saturated heterocycles. The van der Waals surface area contributed by atoms with Crippen molar-refractivity contribution in [3.63, 3.8) is 0 Å². The molecule has 3 heteroatoms. The van der Waals surface area contributed by atoms with Crippen LogP contribution in [-0.2, 0) is 0 Å². The van der Waals surface area contributed by atoms with Crippen LogP contribution in [0.3, 0.4) is 0 Å². The minimum absolute atomic E-state index is 0.803. The van der Waals surface area contributed by atoms with E-state index in [1.165, 1.54) is 6.26 Å². The Morgan fingerprint density at radius 3 is 3.11 bits per heavy atom. The molecule has 0 aromatic carbocycles. The number of nitrogens with zero attached hydrogens (tertiary/aromatic N) is 2. The Labute approximate surface area is 51.7 Å². The van der Waals surface area contributed by atoms with Crippen molar-refractivity contribution in [1.82, 2.24) is 10.1 Å². The zero-order chi connectivity index (χ0) is 6.10. The molecule has 44 valence electrons. The molecule has 0 saturated carbocycles. The summed E-state index contributed by atoms with van der Waals surface area (Å²) in [6, 6.07) is 3.58. The second-order valence-electron chi connectivity index (χ2n) is 1.71. The lowest BCUT2D eigenvalue weighted by Gasteiger charge is -1.88. The fourth-order valence-electron chi connectivity index (χ4n) is 0.727. The molecule has 2 rings (SSSR count). The molecule has 0 bridgehead atoms. The fraction of sp³-hybridized carbons (Fsp3) is 0. The molecule has 0 aromatic rings. The van der Waals surface area contributed by atoms with Crippen LogP contribution in [0.15, 0.2) is 29.1 Å². The van der Waals surface area contributed by atoms with E-state index in [9.17, 15) is 0 Å². The lowest BCUT2D eigenvalue weighted by molar-refractivity contribution is 0.403. The lowest BCUT2D eigenvalue weighted by atomic mass is 10.3. The number of hydrogen-bond acceptors (Lipinski definition) is 3. The van der Waals surface area contributed by atoms with Crippen LogP contribution in [0.2, 0.25) is 0 Å². The predicted octanol–water partition coefficient (Wildman–Crippen LogP) is 1.17. The molecule has 2 aliphatic heterocycles. The van der Waals surface area contributed by atoms with Crippen LogP contribution in [-0.4, -0.2) is 10.1 Å². The first kappa shape index (κ1) is 4.49. The summed E-state index contributed by atoms with van der Waals surface area (Å²) in [5, 5.41) is 3.70. The van der Waals surface area contributed by atoms with E-state index in [-0.39, 0.29) is 0 Å². The minimum Gasteiger partial charge on any atom is -0.364 e. The van der Waals surface area contributed by atoms with Crippen LogP contribution in [0.5, 0.6) is 0 Å². The molecule has 3 nitrogen and oxygen atoms in total. The molecule has 2 heterocycles. The van der Waals surface area contributed by atoms with Gasteiger partial charge in [0.2, 0.25) is 0 Å². The second kappa shape index (κ2) is 1.55. The van der Waals surface area contributed by atoms with Crippen molar-refractivity contribution in [3.8, 4) is 11.4 Å². The first-order valence-corrected chi connectivity index (χ1v) is 2.62. The molecule has 0 aromatic heterocycles. The van der Waals surface area contributed by atoms with Crippen molar-refractivity contribution < 1.29 is 4.52 Å². The van der Waals surface area contributed by atoms with Gasteiger partial charge in [0.15, 0.2) is 0 Å². The summed E-state index contributed by atoms with van der Waals surface area (Å²) in [4.78, 5) is 4.00. The quantitative estimate of drug-likeness (QED) is 0.524. The monoisotopic (exact) mass is 120 g/mol. The molecule has 0 aliphatic carbocycles. The Hall–Kier alpha value is -1.38. The predicted molar refractivity (Wildman–Crippen MR) is 30.9 cm³/mol. The Morgan fingerprint density at radius 1 is 1.22 bits per heavy atom. The summed E-state index contributed by atoms with van der Waals surface area (Å²) >= 11 is 0. The number of aromatic nitrogens is 2. The lowest BCUT2D eigenvalue weighted by Crippen LogP contribution is -1.77. The smallest absolute Gasteiger partial charge is 0.130 e. The third-order valence-corrected chi connectivity index (χ3v) is 1.15. The Balaban J connectivity index is 2.79. The highest BCUT2D eigenvalue weighted by molar-refractivity contribution is 5.53. The standard InChI is InChI=1S/C6H4N2O/c1-3-7-5-2-4-9-8-6(1)5/h1-4H. The number of fused-ring (bicyclic) bond motifs is 1. The molecule has 0 unspecified atom stereocenters. The second-order valence-corrected chi connectivity index (χ2v) is 1.71. The van der Waals surface area contributed by atoms with Gasteiger partial charge < -0.3 is 4.52 Å². The van der Waals surface area contributed by atoms with Crippen LogP contribution in [0.4, 0.5) is 0 Å². The topological polar surface area (TPSA) is 38.9 Å². The third kappa shape index (κ3) is 0.579. The van der Waals surface area contributed by atoms with Gasteiger partial charge in [-0.15, -0.1) is 0 Å². The van der Waals surface area contributed by atoms with Crippen LogP contribution in [0.1, 0.15) is 0 Å². The zero-order valence-corrected chi connectivity index (χ0v) is 4.61. The number of rotatable bonds is 0. The molecule has 0 fully saturated rings. The van der Waals surface area contributed by atoms with Gasteiger partial charge in [0.05, 0.1) is 5.69 Å². The maximum atomic E-state index is 4.66. The molecule has 0 amide bonds. The van der Waals surface area contributed by atoms with Crippen molar-refractivity contribution in [3.05, 3.63) is 24.6 Å². The van der Waals surface area contributed by atoms with Crippen LogP contribution >= 0.6 is 0 Å². The first-order valence-electron chi connectivity index (χ1n) is 2.62. The fourth-order valence-corrected chi connectivity index (χ4v) is 0.727. The van der Waals surface area contributed by atoms with Gasteiger partial charge in [-0.05, 0) is 6.07 Å². The Morgan fingerprint density at radius 2 is 2.22 bits per heavy atom. The van der Waals surface area contributed by atoms with E-state index < -0.39 is 0 Å². The van der Waals surface area contributed by atoms with E-state index in [1.54, 1.807) is 18.3 Å². The van der Waals surface area contributed by atoms with Crippen LogP contribution in [0.25, 0.3) is 11.4 Å². The van der Waals surface area contributed by atoms with E-state index in [4.69, 9.17) is 0 Å². The van der Waals surface area contributed by atoms with Gasteiger partial charge in [-0.25, -0.2) is 0 Å². The maximum absolute atomic E-state index is 4.66. The van der Waals surface area contributed by atoms with E-state index in [0.29, 0.717) is 0 Å². The largest absolute Gasteiger partial charge is 0.364 e. The van der Waals surface area contributed by atoms with Crippen LogP contribution in [0, 0.1) is 0 Å². The summed E-state index contributed by atoms with van der Waals surface area (Å²) in [5.74, 6) is 0. The summed E-state index contributed by atoms with van der Waals surface area (Å²) in [7, 11) is 0. The van der Waals surface area contributed by atoms with E-state index in [1.807, 2.05) is 0 Å². The summed E-state index contributed by atoms with van der Waals surface area (Å²) < 4.78 is 4.66. The third-order valence-electron chi connectivity index (χ3n) is 1.15. The summed E-state index contributed by atoms with van der Waals surface area (Å²) in [6.45, 7) is 0. The summed E-state index contributed by atoms with van der Waals surface area (Å²) in [5.41, 5.74) is 1.68. The van der Waals surface area contributed by atoms with Crippen molar-refractivity contribution in [2.24, 2.45) is 0 Å². The molecule has 0 N–H and O–H groups in total. The van der Waals surface area contributed by atoms with E-state index >= 15 is 0 Å². The molecule has 2 aliphatic rings. The highest BCUT2D eigenvalue weighted by Crippen LogP contribution is 2.13. The Bertz CT molecular complexity index is 251. The van der Waals surface area contributed by atoms with Gasteiger partial charge in [-0.2, -0.15) is 0 Å². The van der Waals surface area contributed by atoms with Gasteiger partial charge in [0.25, 0.3) is 0 Å². The SMILES string of the molecule is c1cc2noccc-2n1. The van der Waals surface area contributed by atoms with Gasteiger partial charge in [-0.3, -0.25) is 4.98 Å². The summed E-state index contributed by atoms with van der Waals surface area (Å²) in [6.07, 6.45) is 3.21. The number of hydrogen-bond donors (Lipinski definition) is 0. The average molecular weight is 120 g/mol. The van der Waals surface area contributed by atoms with Gasteiger partial charge in [0, 0.05) is 12.3 Å². The van der Waals surface area contributed by atoms with E-state index in [2.05, 4.69) is 14.7 Å². The van der Waals surface area contributed by atoms with Crippen molar-refractivity contribution in [1.29, 1.82) is 0 Å². The molecular formula is C6H4N2O. The Kier molecular flexibility index (Phi) is 0.773. The van der Waals surface area contributed by atoms with Crippen molar-refractivity contribution >= 4 is 0 Å². The zero-order valence-electron chi connectivity index (χ0n) is 4.61. The molecule has 0 spiro atoms. The molecule has 0 atom stereocenters. The van der Waals surface area contributed by atoms with Gasteiger partial charge >= 0.3 is 0 Å². The minimum atomic E-state index is 0.803. The van der Waals surface area contributed by atoms with Gasteiger partial charge in [-0.1, -0.05) is 5.16 Å². The highest BCUT2D eigenvalue weighted by Gasteiger charge is 2.01. The van der Waals surface area contributed by atoms with Crippen LogP contribution < -0.4 is 0 Å². The van der Waals surface area contributed by atoms with Crippen molar-refractivity contribution in [2.75, 3.05) is 0 Å². The van der Waals surface area contributed by atoms with E-state index in [0.717, 1.165) is 11.4 Å². The average Bonchev–Trinajstić information content (AvgIpc) is 2.33. The molecule has 9 heavy (non-hydrogen) atoms. The molecule has 0 radical (unpaired) electrons.